The first-order chi connectivity index (χ1) is 3.68. The summed E-state index contributed by atoms with van der Waals surface area (Å²) in [6.07, 6.45) is 1.16. The van der Waals surface area contributed by atoms with Gasteiger partial charge in [-0.05, 0) is 19.4 Å². The van der Waals surface area contributed by atoms with Crippen molar-refractivity contribution in [2.24, 2.45) is 0 Å². The summed E-state index contributed by atoms with van der Waals surface area (Å²) in [5, 5.41) is 17.1. The zero-order valence-corrected chi connectivity index (χ0v) is 5.26. The van der Waals surface area contributed by atoms with Crippen LogP contribution in [0.15, 0.2) is 11.6 Å². The maximum Gasteiger partial charge on any atom is 0.0720 e. The van der Waals surface area contributed by atoms with Crippen LogP contribution in [0.4, 0.5) is 0 Å². The minimum Gasteiger partial charge on any atom is -0.392 e. The Hall–Kier alpha value is -0.340. The van der Waals surface area contributed by atoms with Crippen LogP contribution in [0.25, 0.3) is 0 Å². The van der Waals surface area contributed by atoms with Gasteiger partial charge >= 0.3 is 0 Å². The lowest BCUT2D eigenvalue weighted by atomic mass is 10.2. The lowest BCUT2D eigenvalue weighted by Gasteiger charge is -2.00. The molecule has 1 atom stereocenters. The number of hydrogen-bond donors (Lipinski definition) is 2. The maximum absolute atomic E-state index is 8.77. The Bertz CT molecular complexity index is 84.5. The summed E-state index contributed by atoms with van der Waals surface area (Å²) in [5.41, 5.74) is 0.813. The second kappa shape index (κ2) is 3.64. The van der Waals surface area contributed by atoms with Gasteiger partial charge in [0.05, 0.1) is 12.7 Å². The molecule has 0 aromatic heterocycles. The number of aliphatic hydroxyl groups excluding tert-OH is 2. The van der Waals surface area contributed by atoms with Gasteiger partial charge < -0.3 is 10.2 Å². The lowest BCUT2D eigenvalue weighted by Crippen LogP contribution is -2.01. The van der Waals surface area contributed by atoms with Crippen LogP contribution in [0.3, 0.4) is 0 Å². The van der Waals surface area contributed by atoms with E-state index >= 15 is 0 Å². The Morgan fingerprint density at radius 1 is 1.75 bits per heavy atom. The second-order valence-electron chi connectivity index (χ2n) is 1.81. The summed E-state index contributed by atoms with van der Waals surface area (Å²) in [4.78, 5) is 0. The minimum absolute atomic E-state index is 0.0106. The Labute approximate surface area is 49.5 Å². The van der Waals surface area contributed by atoms with Crippen LogP contribution in [-0.2, 0) is 0 Å². The van der Waals surface area contributed by atoms with E-state index in [-0.39, 0.29) is 6.61 Å². The van der Waals surface area contributed by atoms with Gasteiger partial charge in [-0.3, -0.25) is 0 Å². The second-order valence-corrected chi connectivity index (χ2v) is 1.81. The minimum atomic E-state index is -0.429. The van der Waals surface area contributed by atoms with Gasteiger partial charge in [0, 0.05) is 0 Å². The molecular formula is C6H12O2. The highest BCUT2D eigenvalue weighted by Gasteiger charge is 1.94. The van der Waals surface area contributed by atoms with E-state index in [0.29, 0.717) is 0 Å². The number of hydrogen-bond acceptors (Lipinski definition) is 2. The Morgan fingerprint density at radius 3 is 2.38 bits per heavy atom. The third-order valence-corrected chi connectivity index (χ3v) is 1.07. The summed E-state index contributed by atoms with van der Waals surface area (Å²) in [6.45, 7) is 3.46. The third kappa shape index (κ3) is 2.77. The van der Waals surface area contributed by atoms with Gasteiger partial charge in [0.1, 0.15) is 0 Å². The molecule has 0 rings (SSSR count). The molecule has 0 aliphatic heterocycles. The lowest BCUT2D eigenvalue weighted by molar-refractivity contribution is 0.229. The fourth-order valence-electron chi connectivity index (χ4n) is 0.315. The van der Waals surface area contributed by atoms with Gasteiger partial charge in [-0.1, -0.05) is 6.08 Å². The number of aliphatic hydroxyl groups is 2. The first-order valence-electron chi connectivity index (χ1n) is 2.64. The predicted octanol–water partition coefficient (Wildman–Crippen LogP) is 0.306. The smallest absolute Gasteiger partial charge is 0.0720 e. The quantitative estimate of drug-likeness (QED) is 0.509. The van der Waals surface area contributed by atoms with Gasteiger partial charge in [-0.2, -0.15) is 0 Å². The summed E-state index contributed by atoms with van der Waals surface area (Å²) < 4.78 is 0. The van der Waals surface area contributed by atoms with Crippen LogP contribution in [0.2, 0.25) is 0 Å². The van der Waals surface area contributed by atoms with Crippen molar-refractivity contribution >= 4 is 0 Å². The standard InChI is InChI=1S/C6H12O2/c1-5(3-4-7)6(2)8/h3,6-8H,4H2,1-2H3/b5-3+. The van der Waals surface area contributed by atoms with E-state index in [1.165, 1.54) is 0 Å². The normalized spacial score (nSPS) is 16.2. The van der Waals surface area contributed by atoms with Crippen molar-refractivity contribution in [3.8, 4) is 0 Å². The van der Waals surface area contributed by atoms with E-state index in [1.54, 1.807) is 19.9 Å². The SMILES string of the molecule is C/C(=C\CO)C(C)O. The average molecular weight is 116 g/mol. The molecule has 8 heavy (non-hydrogen) atoms. The van der Waals surface area contributed by atoms with E-state index in [4.69, 9.17) is 10.2 Å². The molecule has 2 heteroatoms. The monoisotopic (exact) mass is 116 g/mol. The van der Waals surface area contributed by atoms with Gasteiger partial charge in [0.15, 0.2) is 0 Å². The van der Waals surface area contributed by atoms with Crippen LogP contribution in [0.1, 0.15) is 13.8 Å². The molecule has 2 nitrogen and oxygen atoms in total. The van der Waals surface area contributed by atoms with Crippen molar-refractivity contribution in [1.82, 2.24) is 0 Å². The van der Waals surface area contributed by atoms with E-state index < -0.39 is 6.10 Å². The molecule has 0 saturated carbocycles. The summed E-state index contributed by atoms with van der Waals surface area (Å²) >= 11 is 0. The molecule has 0 amide bonds. The van der Waals surface area contributed by atoms with E-state index in [2.05, 4.69) is 0 Å². The molecule has 0 radical (unpaired) electrons. The van der Waals surface area contributed by atoms with Crippen LogP contribution in [0, 0.1) is 0 Å². The molecule has 0 bridgehead atoms. The highest BCUT2D eigenvalue weighted by atomic mass is 16.3. The van der Waals surface area contributed by atoms with Gasteiger partial charge in [0.25, 0.3) is 0 Å². The maximum atomic E-state index is 8.77. The molecule has 0 aromatic carbocycles. The van der Waals surface area contributed by atoms with Crippen LogP contribution >= 0.6 is 0 Å². The molecule has 1 unspecified atom stereocenters. The summed E-state index contributed by atoms with van der Waals surface area (Å²) in [7, 11) is 0. The molecule has 0 aliphatic carbocycles. The summed E-state index contributed by atoms with van der Waals surface area (Å²) in [6, 6.07) is 0. The van der Waals surface area contributed by atoms with E-state index in [0.717, 1.165) is 5.57 Å². The fraction of sp³-hybridized carbons (Fsp3) is 0.667. The van der Waals surface area contributed by atoms with Gasteiger partial charge in [-0.15, -0.1) is 0 Å². The molecule has 2 N–H and O–H groups in total. The Balaban J connectivity index is 3.61. The third-order valence-electron chi connectivity index (χ3n) is 1.07. The first kappa shape index (κ1) is 7.66. The highest BCUT2D eigenvalue weighted by Crippen LogP contribution is 1.97. The van der Waals surface area contributed by atoms with E-state index in [9.17, 15) is 0 Å². The van der Waals surface area contributed by atoms with Gasteiger partial charge in [0.2, 0.25) is 0 Å². The molecule has 0 heterocycles. The molecule has 48 valence electrons. The van der Waals surface area contributed by atoms with Crippen LogP contribution in [-0.4, -0.2) is 22.9 Å². The largest absolute Gasteiger partial charge is 0.392 e. The van der Waals surface area contributed by atoms with Crippen molar-refractivity contribution in [3.05, 3.63) is 11.6 Å². The van der Waals surface area contributed by atoms with Crippen molar-refractivity contribution in [2.45, 2.75) is 20.0 Å². The number of rotatable bonds is 2. The molecular weight excluding hydrogens is 104 g/mol. The molecule has 0 fully saturated rings. The van der Waals surface area contributed by atoms with Crippen molar-refractivity contribution in [1.29, 1.82) is 0 Å². The molecule has 0 saturated heterocycles. The van der Waals surface area contributed by atoms with E-state index in [1.807, 2.05) is 0 Å². The zero-order chi connectivity index (χ0) is 6.57. The first-order valence-corrected chi connectivity index (χ1v) is 2.64. The average Bonchev–Trinajstić information content (AvgIpc) is 1.67. The molecule has 0 spiro atoms. The Morgan fingerprint density at radius 2 is 2.25 bits per heavy atom. The van der Waals surface area contributed by atoms with Crippen LogP contribution in [0.5, 0.6) is 0 Å². The molecule has 0 aromatic rings. The summed E-state index contributed by atoms with van der Waals surface area (Å²) in [5.74, 6) is 0. The van der Waals surface area contributed by atoms with Crippen LogP contribution < -0.4 is 0 Å². The molecule has 0 aliphatic rings. The Kier molecular flexibility index (Phi) is 3.48. The van der Waals surface area contributed by atoms with Crippen molar-refractivity contribution in [3.63, 3.8) is 0 Å². The highest BCUT2D eigenvalue weighted by molar-refractivity contribution is 5.02. The van der Waals surface area contributed by atoms with Gasteiger partial charge in [-0.25, -0.2) is 0 Å². The van der Waals surface area contributed by atoms with Crippen molar-refractivity contribution in [2.75, 3.05) is 6.61 Å². The predicted molar refractivity (Wildman–Crippen MR) is 32.5 cm³/mol. The van der Waals surface area contributed by atoms with Crippen molar-refractivity contribution < 1.29 is 10.2 Å². The topological polar surface area (TPSA) is 40.5 Å². The fourth-order valence-corrected chi connectivity index (χ4v) is 0.315. The zero-order valence-electron chi connectivity index (χ0n) is 5.26.